The lowest BCUT2D eigenvalue weighted by molar-refractivity contribution is 0.0643. The second kappa shape index (κ2) is 10.9. The average Bonchev–Trinajstić information content (AvgIpc) is 3.54. The van der Waals surface area contributed by atoms with E-state index >= 15 is 0 Å². The van der Waals surface area contributed by atoms with Crippen molar-refractivity contribution in [1.82, 2.24) is 19.9 Å². The normalized spacial score (nSPS) is 21.5. The summed E-state index contributed by atoms with van der Waals surface area (Å²) in [6, 6.07) is 22.1. The van der Waals surface area contributed by atoms with Crippen molar-refractivity contribution >= 4 is 21.8 Å². The van der Waals surface area contributed by atoms with Gasteiger partial charge in [-0.15, -0.1) is 0 Å². The molecule has 1 aliphatic rings. The Morgan fingerprint density at radius 3 is 2.05 bits per heavy atom. The number of nitrogens with zero attached hydrogens (tertiary/aromatic N) is 2. The highest BCUT2D eigenvalue weighted by Gasteiger charge is 2.48. The first-order valence-corrected chi connectivity index (χ1v) is 15.2. The van der Waals surface area contributed by atoms with Gasteiger partial charge in [0.25, 0.3) is 0 Å². The highest BCUT2D eigenvalue weighted by molar-refractivity contribution is 5.87. The summed E-state index contributed by atoms with van der Waals surface area (Å²) in [6.07, 6.45) is 14.4. The van der Waals surface area contributed by atoms with Crippen LogP contribution in [0.4, 0.5) is 0 Å². The van der Waals surface area contributed by atoms with Crippen molar-refractivity contribution in [2.45, 2.75) is 82.6 Å². The van der Waals surface area contributed by atoms with E-state index in [9.17, 15) is 0 Å². The molecule has 3 aromatic heterocycles. The molecule has 40 heavy (non-hydrogen) atoms. The first-order chi connectivity index (χ1) is 19.5. The molecule has 208 valence electrons. The second-order valence-corrected chi connectivity index (χ2v) is 12.4. The van der Waals surface area contributed by atoms with Crippen molar-refractivity contribution in [1.29, 1.82) is 0 Å². The molecule has 2 N–H and O–H groups in total. The van der Waals surface area contributed by atoms with Gasteiger partial charge in [-0.2, -0.15) is 0 Å². The third kappa shape index (κ3) is 4.56. The standard InChI is InChI=1S/C36H44N4/c1-5-6-19-35(40(3)4)20-22-36(23-21-35,33-26(2)28-11-7-9-13-31(28)38-33)34-30(16-15-27-17-24-37-25-18-27)29-12-8-10-14-32(29)39-34/h7-14,17-18,24-25,38-39H,5-6,15-16,19-23H2,1-4H3. The number of rotatable bonds is 9. The number of benzene rings is 2. The molecule has 4 heteroatoms. The molecule has 0 bridgehead atoms. The molecule has 1 saturated carbocycles. The smallest absolute Gasteiger partial charge is 0.0511 e. The Kier molecular flexibility index (Phi) is 7.31. The van der Waals surface area contributed by atoms with E-state index in [1.165, 1.54) is 82.0 Å². The highest BCUT2D eigenvalue weighted by atomic mass is 15.1. The van der Waals surface area contributed by atoms with Crippen LogP contribution in [0.25, 0.3) is 21.8 Å². The molecule has 0 amide bonds. The first-order valence-electron chi connectivity index (χ1n) is 15.2. The summed E-state index contributed by atoms with van der Waals surface area (Å²) >= 11 is 0. The number of aryl methyl sites for hydroxylation is 3. The lowest BCUT2D eigenvalue weighted by Gasteiger charge is -2.50. The van der Waals surface area contributed by atoms with E-state index in [4.69, 9.17) is 0 Å². The summed E-state index contributed by atoms with van der Waals surface area (Å²) in [5, 5.41) is 2.72. The Morgan fingerprint density at radius 2 is 1.40 bits per heavy atom. The van der Waals surface area contributed by atoms with Crippen molar-refractivity contribution in [2.75, 3.05) is 14.1 Å². The zero-order valence-corrected chi connectivity index (χ0v) is 24.7. The SMILES string of the molecule is CCCCC1(N(C)C)CCC(c2[nH]c3ccccc3c2C)(c2[nH]c3ccccc3c2CCc2ccncc2)CC1. The van der Waals surface area contributed by atoms with Gasteiger partial charge in [0.15, 0.2) is 0 Å². The predicted molar refractivity (Wildman–Crippen MR) is 168 cm³/mol. The Bertz CT molecular complexity index is 1580. The van der Waals surface area contributed by atoms with E-state index in [2.05, 4.69) is 108 Å². The van der Waals surface area contributed by atoms with Crippen LogP contribution in [-0.2, 0) is 18.3 Å². The molecule has 1 aliphatic carbocycles. The molecule has 2 aromatic carbocycles. The van der Waals surface area contributed by atoms with Gasteiger partial charge in [-0.25, -0.2) is 0 Å². The van der Waals surface area contributed by atoms with Crippen LogP contribution < -0.4 is 0 Å². The van der Waals surface area contributed by atoms with Crippen LogP contribution in [0.5, 0.6) is 0 Å². The van der Waals surface area contributed by atoms with Gasteiger partial charge in [0.2, 0.25) is 0 Å². The number of hydrogen-bond acceptors (Lipinski definition) is 2. The van der Waals surface area contributed by atoms with Gasteiger partial charge in [-0.1, -0.05) is 56.2 Å². The lowest BCUT2D eigenvalue weighted by Crippen LogP contribution is -2.51. The Labute approximate surface area is 239 Å². The van der Waals surface area contributed by atoms with Crippen LogP contribution in [-0.4, -0.2) is 39.5 Å². The van der Waals surface area contributed by atoms with Crippen molar-refractivity contribution < 1.29 is 0 Å². The van der Waals surface area contributed by atoms with Crippen molar-refractivity contribution in [2.24, 2.45) is 0 Å². The van der Waals surface area contributed by atoms with Crippen molar-refractivity contribution in [3.05, 3.63) is 101 Å². The molecule has 0 atom stereocenters. The van der Waals surface area contributed by atoms with E-state index in [-0.39, 0.29) is 11.0 Å². The number of aromatic amines is 2. The minimum absolute atomic E-state index is 0.0819. The third-order valence-corrected chi connectivity index (χ3v) is 10.1. The molecule has 3 heterocycles. The minimum atomic E-state index is -0.0819. The largest absolute Gasteiger partial charge is 0.357 e. The fraction of sp³-hybridized carbons (Fsp3) is 0.417. The molecule has 0 unspecified atom stereocenters. The topological polar surface area (TPSA) is 47.7 Å². The van der Waals surface area contributed by atoms with Gasteiger partial charge >= 0.3 is 0 Å². The molecule has 1 fully saturated rings. The quantitative estimate of drug-likeness (QED) is 0.200. The molecule has 4 nitrogen and oxygen atoms in total. The zero-order valence-electron chi connectivity index (χ0n) is 24.7. The number of hydrogen-bond donors (Lipinski definition) is 2. The lowest BCUT2D eigenvalue weighted by atomic mass is 9.61. The Balaban J connectivity index is 1.51. The summed E-state index contributed by atoms with van der Waals surface area (Å²) < 4.78 is 0. The van der Waals surface area contributed by atoms with Gasteiger partial charge in [0, 0.05) is 51.1 Å². The second-order valence-electron chi connectivity index (χ2n) is 12.4. The van der Waals surface area contributed by atoms with Crippen molar-refractivity contribution in [3.63, 3.8) is 0 Å². The first kappa shape index (κ1) is 26.8. The summed E-state index contributed by atoms with van der Waals surface area (Å²) in [4.78, 5) is 14.8. The number of pyridine rings is 1. The number of unbranched alkanes of at least 4 members (excludes halogenated alkanes) is 1. The molecule has 0 radical (unpaired) electrons. The zero-order chi connectivity index (χ0) is 27.7. The van der Waals surface area contributed by atoms with E-state index in [0.717, 1.165) is 25.7 Å². The molecule has 0 saturated heterocycles. The monoisotopic (exact) mass is 532 g/mol. The highest BCUT2D eigenvalue weighted by Crippen LogP contribution is 2.53. The van der Waals surface area contributed by atoms with E-state index in [1.54, 1.807) is 0 Å². The van der Waals surface area contributed by atoms with Crippen LogP contribution >= 0.6 is 0 Å². The maximum absolute atomic E-state index is 4.25. The summed E-state index contributed by atoms with van der Waals surface area (Å²) in [7, 11) is 4.61. The third-order valence-electron chi connectivity index (χ3n) is 10.1. The van der Waals surface area contributed by atoms with E-state index in [1.807, 2.05) is 12.4 Å². The van der Waals surface area contributed by atoms with Crippen LogP contribution in [0.15, 0.2) is 73.1 Å². The molecule has 6 rings (SSSR count). The Hall–Kier alpha value is -3.37. The molecule has 5 aromatic rings. The number of para-hydroxylation sites is 2. The number of H-pyrrole nitrogens is 2. The fourth-order valence-electron chi connectivity index (χ4n) is 7.64. The summed E-state index contributed by atoms with van der Waals surface area (Å²) in [5.41, 5.74) is 9.76. The van der Waals surface area contributed by atoms with E-state index in [0.29, 0.717) is 0 Å². The van der Waals surface area contributed by atoms with E-state index < -0.39 is 0 Å². The molecule has 0 aliphatic heterocycles. The molecular weight excluding hydrogens is 488 g/mol. The number of aromatic nitrogens is 3. The number of nitrogens with one attached hydrogen (secondary N) is 2. The van der Waals surface area contributed by atoms with Crippen LogP contribution in [0.1, 0.15) is 79.9 Å². The molecular formula is C36H44N4. The van der Waals surface area contributed by atoms with Crippen molar-refractivity contribution in [3.8, 4) is 0 Å². The average molecular weight is 533 g/mol. The maximum atomic E-state index is 4.25. The van der Waals surface area contributed by atoms with Crippen LogP contribution in [0.3, 0.4) is 0 Å². The molecule has 0 spiro atoms. The van der Waals surface area contributed by atoms with Gasteiger partial charge in [-0.05, 0) is 107 Å². The summed E-state index contributed by atoms with van der Waals surface area (Å²) in [6.45, 7) is 4.66. The van der Waals surface area contributed by atoms with Gasteiger partial charge in [-0.3, -0.25) is 4.98 Å². The van der Waals surface area contributed by atoms with Gasteiger partial charge in [0.1, 0.15) is 0 Å². The van der Waals surface area contributed by atoms with Gasteiger partial charge in [0.05, 0.1) is 5.41 Å². The fourth-order valence-corrected chi connectivity index (χ4v) is 7.64. The number of fused-ring (bicyclic) bond motifs is 2. The van der Waals surface area contributed by atoms with Crippen LogP contribution in [0.2, 0.25) is 0 Å². The van der Waals surface area contributed by atoms with Gasteiger partial charge < -0.3 is 14.9 Å². The minimum Gasteiger partial charge on any atom is -0.357 e. The summed E-state index contributed by atoms with van der Waals surface area (Å²) in [5.74, 6) is 0. The van der Waals surface area contributed by atoms with Crippen LogP contribution in [0, 0.1) is 6.92 Å². The maximum Gasteiger partial charge on any atom is 0.0511 e. The Morgan fingerprint density at radius 1 is 0.775 bits per heavy atom. The predicted octanol–water partition coefficient (Wildman–Crippen LogP) is 8.49.